The predicted octanol–water partition coefficient (Wildman–Crippen LogP) is 0.107. The van der Waals surface area contributed by atoms with E-state index < -0.39 is 0 Å². The Morgan fingerprint density at radius 3 is 2.94 bits per heavy atom. The number of aromatic nitrogens is 6. The number of fused-ring (bicyclic) bond motifs is 1. The second kappa shape index (κ2) is 3.02. The normalized spacial score (nSPS) is 11.1. The molecule has 3 rings (SSSR count). The van der Waals surface area contributed by atoms with E-state index in [1.54, 1.807) is 21.5 Å². The SMILES string of the molecule is Cn1c(-c2nnc3cccnn23)cnc1N. The zero-order chi connectivity index (χ0) is 11.1. The van der Waals surface area contributed by atoms with Gasteiger partial charge in [-0.05, 0) is 12.1 Å². The van der Waals surface area contributed by atoms with E-state index in [4.69, 9.17) is 5.73 Å². The minimum absolute atomic E-state index is 0.433. The molecule has 80 valence electrons. The zero-order valence-corrected chi connectivity index (χ0v) is 8.57. The summed E-state index contributed by atoms with van der Waals surface area (Å²) in [7, 11) is 1.82. The van der Waals surface area contributed by atoms with Crippen molar-refractivity contribution in [3.05, 3.63) is 24.5 Å². The number of hydrogen-bond acceptors (Lipinski definition) is 5. The molecule has 0 amide bonds. The van der Waals surface area contributed by atoms with Crippen LogP contribution in [0.5, 0.6) is 0 Å². The van der Waals surface area contributed by atoms with Gasteiger partial charge in [-0.25, -0.2) is 4.98 Å². The first kappa shape index (κ1) is 8.84. The van der Waals surface area contributed by atoms with Gasteiger partial charge in [0.15, 0.2) is 11.6 Å². The lowest BCUT2D eigenvalue weighted by Crippen LogP contribution is -2.01. The lowest BCUT2D eigenvalue weighted by molar-refractivity contribution is 0.885. The second-order valence-electron chi connectivity index (χ2n) is 3.38. The minimum Gasteiger partial charge on any atom is -0.369 e. The van der Waals surface area contributed by atoms with Gasteiger partial charge in [0.2, 0.25) is 5.82 Å². The van der Waals surface area contributed by atoms with Crippen LogP contribution in [0, 0.1) is 0 Å². The molecule has 0 aromatic carbocycles. The number of imidazole rings is 1. The van der Waals surface area contributed by atoms with E-state index in [9.17, 15) is 0 Å². The fraction of sp³-hybridized carbons (Fsp3) is 0.111. The van der Waals surface area contributed by atoms with E-state index in [-0.39, 0.29) is 0 Å². The van der Waals surface area contributed by atoms with Crippen LogP contribution in [0.3, 0.4) is 0 Å². The summed E-state index contributed by atoms with van der Waals surface area (Å²) in [5, 5.41) is 12.3. The van der Waals surface area contributed by atoms with Crippen molar-refractivity contribution in [1.82, 2.24) is 29.4 Å². The highest BCUT2D eigenvalue weighted by atomic mass is 15.4. The quantitative estimate of drug-likeness (QED) is 0.622. The van der Waals surface area contributed by atoms with Gasteiger partial charge in [0.25, 0.3) is 0 Å². The van der Waals surface area contributed by atoms with Crippen molar-refractivity contribution in [2.75, 3.05) is 5.73 Å². The second-order valence-corrected chi connectivity index (χ2v) is 3.38. The summed E-state index contributed by atoms with van der Waals surface area (Å²) >= 11 is 0. The van der Waals surface area contributed by atoms with Gasteiger partial charge < -0.3 is 10.3 Å². The van der Waals surface area contributed by atoms with Gasteiger partial charge in [-0.1, -0.05) is 0 Å². The monoisotopic (exact) mass is 215 g/mol. The number of nitrogen functional groups attached to an aromatic ring is 1. The molecule has 2 N–H and O–H groups in total. The predicted molar refractivity (Wildman–Crippen MR) is 57.4 cm³/mol. The molecule has 7 nitrogen and oxygen atoms in total. The van der Waals surface area contributed by atoms with Crippen LogP contribution in [-0.2, 0) is 7.05 Å². The van der Waals surface area contributed by atoms with E-state index >= 15 is 0 Å². The van der Waals surface area contributed by atoms with Crippen LogP contribution in [0.15, 0.2) is 24.5 Å². The molecule has 0 spiro atoms. The molecule has 0 aliphatic heterocycles. The highest BCUT2D eigenvalue weighted by Gasteiger charge is 2.13. The summed E-state index contributed by atoms with van der Waals surface area (Å²) in [5.41, 5.74) is 7.14. The summed E-state index contributed by atoms with van der Waals surface area (Å²) in [6, 6.07) is 3.65. The number of nitrogens with zero attached hydrogens (tertiary/aromatic N) is 6. The number of nitrogens with two attached hydrogens (primary N) is 1. The molecule has 0 radical (unpaired) electrons. The van der Waals surface area contributed by atoms with Crippen LogP contribution < -0.4 is 5.73 Å². The Hall–Kier alpha value is -2.44. The lowest BCUT2D eigenvalue weighted by atomic mass is 10.4. The maximum absolute atomic E-state index is 5.66. The standard InChI is InChI=1S/C9H9N7/c1-15-6(5-11-9(15)10)8-14-13-7-3-2-4-12-16(7)8/h2-5H,1H3,(H2,10,11). The van der Waals surface area contributed by atoms with Crippen LogP contribution in [0.2, 0.25) is 0 Å². The molecule has 0 atom stereocenters. The van der Waals surface area contributed by atoms with E-state index in [0.29, 0.717) is 17.4 Å². The van der Waals surface area contributed by atoms with Gasteiger partial charge in [0, 0.05) is 13.2 Å². The van der Waals surface area contributed by atoms with Gasteiger partial charge in [-0.15, -0.1) is 10.2 Å². The zero-order valence-electron chi connectivity index (χ0n) is 8.57. The third-order valence-corrected chi connectivity index (χ3v) is 2.43. The van der Waals surface area contributed by atoms with Crippen LogP contribution in [0.1, 0.15) is 0 Å². The first-order chi connectivity index (χ1) is 7.77. The number of rotatable bonds is 1. The highest BCUT2D eigenvalue weighted by Crippen LogP contribution is 2.18. The fourth-order valence-electron chi connectivity index (χ4n) is 1.54. The smallest absolute Gasteiger partial charge is 0.203 e. The highest BCUT2D eigenvalue weighted by molar-refractivity contribution is 5.56. The minimum atomic E-state index is 0.433. The maximum Gasteiger partial charge on any atom is 0.203 e. The van der Waals surface area contributed by atoms with E-state index in [1.807, 2.05) is 19.2 Å². The third kappa shape index (κ3) is 1.08. The Bertz CT molecular complexity index is 651. The van der Waals surface area contributed by atoms with Gasteiger partial charge in [-0.2, -0.15) is 9.61 Å². The first-order valence-corrected chi connectivity index (χ1v) is 4.71. The molecular formula is C9H9N7. The topological polar surface area (TPSA) is 86.9 Å². The van der Waals surface area contributed by atoms with E-state index in [1.165, 1.54) is 0 Å². The van der Waals surface area contributed by atoms with Crippen molar-refractivity contribution in [3.63, 3.8) is 0 Å². The molecule has 0 saturated carbocycles. The molecule has 0 fully saturated rings. The number of anilines is 1. The Balaban J connectivity index is 2.30. The average molecular weight is 215 g/mol. The van der Waals surface area contributed by atoms with Gasteiger partial charge in [0.1, 0.15) is 5.69 Å². The molecule has 7 heteroatoms. The number of hydrogen-bond donors (Lipinski definition) is 1. The molecule has 0 saturated heterocycles. The Morgan fingerprint density at radius 1 is 1.31 bits per heavy atom. The van der Waals surface area contributed by atoms with Crippen molar-refractivity contribution in [2.45, 2.75) is 0 Å². The van der Waals surface area contributed by atoms with Crippen molar-refractivity contribution in [1.29, 1.82) is 0 Å². The summed E-state index contributed by atoms with van der Waals surface area (Å²) in [6.45, 7) is 0. The van der Waals surface area contributed by atoms with Crippen molar-refractivity contribution >= 4 is 11.6 Å². The summed E-state index contributed by atoms with van der Waals surface area (Å²) in [4.78, 5) is 4.01. The average Bonchev–Trinajstić information content (AvgIpc) is 2.85. The van der Waals surface area contributed by atoms with Crippen molar-refractivity contribution in [3.8, 4) is 11.5 Å². The maximum atomic E-state index is 5.66. The summed E-state index contributed by atoms with van der Waals surface area (Å²) in [5.74, 6) is 1.06. The van der Waals surface area contributed by atoms with Crippen LogP contribution in [0.4, 0.5) is 5.95 Å². The molecule has 3 aromatic rings. The van der Waals surface area contributed by atoms with E-state index in [0.717, 1.165) is 5.69 Å². The van der Waals surface area contributed by atoms with E-state index in [2.05, 4.69) is 20.3 Å². The largest absolute Gasteiger partial charge is 0.369 e. The lowest BCUT2D eigenvalue weighted by Gasteiger charge is -2.00. The molecule has 3 aromatic heterocycles. The molecule has 0 aliphatic carbocycles. The van der Waals surface area contributed by atoms with Crippen LogP contribution in [-0.4, -0.2) is 29.4 Å². The van der Waals surface area contributed by atoms with Crippen LogP contribution >= 0.6 is 0 Å². The Morgan fingerprint density at radius 2 is 2.19 bits per heavy atom. The molecule has 0 unspecified atom stereocenters. The molecular weight excluding hydrogens is 206 g/mol. The Kier molecular flexibility index (Phi) is 1.67. The summed E-state index contributed by atoms with van der Waals surface area (Å²) < 4.78 is 3.39. The molecule has 3 heterocycles. The van der Waals surface area contributed by atoms with Gasteiger partial charge in [-0.3, -0.25) is 0 Å². The molecule has 0 bridgehead atoms. The van der Waals surface area contributed by atoms with Gasteiger partial charge in [0.05, 0.1) is 6.20 Å². The Labute approximate surface area is 90.5 Å². The van der Waals surface area contributed by atoms with Crippen LogP contribution in [0.25, 0.3) is 17.2 Å². The fourth-order valence-corrected chi connectivity index (χ4v) is 1.54. The van der Waals surface area contributed by atoms with Gasteiger partial charge >= 0.3 is 0 Å². The molecule has 16 heavy (non-hydrogen) atoms. The third-order valence-electron chi connectivity index (χ3n) is 2.43. The van der Waals surface area contributed by atoms with Crippen molar-refractivity contribution < 1.29 is 0 Å². The molecule has 0 aliphatic rings. The van der Waals surface area contributed by atoms with Crippen molar-refractivity contribution in [2.24, 2.45) is 7.05 Å². The summed E-state index contributed by atoms with van der Waals surface area (Å²) in [6.07, 6.45) is 3.33. The first-order valence-electron chi connectivity index (χ1n) is 4.71.